The van der Waals surface area contributed by atoms with Crippen LogP contribution in [0.1, 0.15) is 25.7 Å². The summed E-state index contributed by atoms with van der Waals surface area (Å²) < 4.78 is 0. The van der Waals surface area contributed by atoms with Crippen molar-refractivity contribution in [2.24, 2.45) is 0 Å². The Labute approximate surface area is 108 Å². The number of carbonyl (C=O) groups excluding carboxylic acids is 3. The van der Waals surface area contributed by atoms with E-state index in [1.165, 1.54) is 0 Å². The Kier molecular flexibility index (Phi) is 9.86. The maximum absolute atomic E-state index is 11.2. The molecule has 1 unspecified atom stereocenters. The zero-order valence-corrected chi connectivity index (χ0v) is 11.5. The molecule has 6 nitrogen and oxygen atoms in total. The van der Waals surface area contributed by atoms with Gasteiger partial charge in [0.1, 0.15) is 0 Å². The Morgan fingerprint density at radius 2 is 1.59 bits per heavy atom. The summed E-state index contributed by atoms with van der Waals surface area (Å²) in [7, 11) is 1.89. The summed E-state index contributed by atoms with van der Waals surface area (Å²) >= 11 is 3.97. The van der Waals surface area contributed by atoms with E-state index in [1.54, 1.807) is 0 Å². The Hall–Kier alpha value is -0.810. The molecule has 17 heavy (non-hydrogen) atoms. The number of rotatable bonds is 7. The summed E-state index contributed by atoms with van der Waals surface area (Å²) in [5, 5.41) is 2.68. The summed E-state index contributed by atoms with van der Waals surface area (Å²) in [6, 6.07) is 0. The molecule has 0 aromatic carbocycles. The number of hydrazine groups is 1. The highest BCUT2D eigenvalue weighted by atomic mass is 32.1. The van der Waals surface area contributed by atoms with Crippen molar-refractivity contribution < 1.29 is 14.4 Å². The van der Waals surface area contributed by atoms with E-state index in [0.717, 1.165) is 0 Å². The fraction of sp³-hybridized carbons (Fsp3) is 0.667. The number of unbranched alkanes of at least 4 members (excludes halogenated alkanes) is 1. The maximum Gasteiger partial charge on any atom is 0.253 e. The van der Waals surface area contributed by atoms with Gasteiger partial charge in [0.05, 0.1) is 0 Å². The van der Waals surface area contributed by atoms with E-state index < -0.39 is 5.65 Å². The summed E-state index contributed by atoms with van der Waals surface area (Å²) in [5.74, 6) is 0.317. The summed E-state index contributed by atoms with van der Waals surface area (Å²) in [5.41, 5.74) is 4.00. The lowest BCUT2D eigenvalue weighted by atomic mass is 10.2. The highest BCUT2D eigenvalue weighted by Gasteiger charge is 2.03. The Morgan fingerprint density at radius 1 is 1.00 bits per heavy atom. The minimum atomic E-state index is -0.399. The van der Waals surface area contributed by atoms with E-state index in [0.29, 0.717) is 31.6 Å². The highest BCUT2D eigenvalue weighted by Crippen LogP contribution is 1.99. The molecule has 0 aromatic rings. The molecule has 8 heteroatoms. The molecule has 0 aliphatic carbocycles. The standard InChI is InChI=1S/C9H18N3O3PS/c13-7(10-5-6-17)3-1-2-4-8(14)11-12-9(15)16/h17H,1-6,16H2,(H,10,13)(H,11,14)(H,12,15). The van der Waals surface area contributed by atoms with Crippen LogP contribution in [0.2, 0.25) is 0 Å². The summed E-state index contributed by atoms with van der Waals surface area (Å²) in [6.07, 6.45) is 1.93. The quantitative estimate of drug-likeness (QED) is 0.232. The van der Waals surface area contributed by atoms with E-state index in [1.807, 2.05) is 9.24 Å². The van der Waals surface area contributed by atoms with E-state index in [4.69, 9.17) is 0 Å². The molecule has 0 aliphatic heterocycles. The largest absolute Gasteiger partial charge is 0.355 e. The monoisotopic (exact) mass is 279 g/mol. The van der Waals surface area contributed by atoms with Crippen molar-refractivity contribution in [3.63, 3.8) is 0 Å². The van der Waals surface area contributed by atoms with Gasteiger partial charge in [-0.1, -0.05) is 0 Å². The molecule has 3 amide bonds. The first kappa shape index (κ1) is 16.2. The van der Waals surface area contributed by atoms with Gasteiger partial charge >= 0.3 is 0 Å². The molecule has 0 aliphatic rings. The zero-order valence-electron chi connectivity index (χ0n) is 9.49. The number of hydrogen-bond acceptors (Lipinski definition) is 4. The van der Waals surface area contributed by atoms with Crippen LogP contribution in [0.15, 0.2) is 0 Å². The predicted molar refractivity (Wildman–Crippen MR) is 71.7 cm³/mol. The second-order valence-electron chi connectivity index (χ2n) is 3.32. The van der Waals surface area contributed by atoms with Gasteiger partial charge in [-0.2, -0.15) is 12.6 Å². The molecule has 0 aromatic heterocycles. The topological polar surface area (TPSA) is 87.3 Å². The van der Waals surface area contributed by atoms with E-state index in [-0.39, 0.29) is 18.2 Å². The van der Waals surface area contributed by atoms with Crippen molar-refractivity contribution in [3.8, 4) is 0 Å². The second-order valence-corrected chi connectivity index (χ2v) is 4.29. The Morgan fingerprint density at radius 3 is 2.12 bits per heavy atom. The van der Waals surface area contributed by atoms with Crippen molar-refractivity contribution in [2.75, 3.05) is 12.3 Å². The molecule has 0 fully saturated rings. The minimum absolute atomic E-state index is 0.0299. The van der Waals surface area contributed by atoms with Gasteiger partial charge in [-0.15, -0.1) is 0 Å². The van der Waals surface area contributed by atoms with Crippen molar-refractivity contribution in [1.82, 2.24) is 16.2 Å². The normalized spacial score (nSPS) is 9.53. The maximum atomic E-state index is 11.2. The molecule has 0 saturated heterocycles. The van der Waals surface area contributed by atoms with E-state index in [2.05, 4.69) is 28.8 Å². The van der Waals surface area contributed by atoms with Crippen molar-refractivity contribution >= 4 is 39.3 Å². The van der Waals surface area contributed by atoms with Crippen LogP contribution in [0.4, 0.5) is 4.79 Å². The summed E-state index contributed by atoms with van der Waals surface area (Å²) in [4.78, 5) is 32.7. The van der Waals surface area contributed by atoms with Gasteiger partial charge in [-0.3, -0.25) is 25.2 Å². The predicted octanol–water partition coefficient (Wildman–Crippen LogP) is 0.209. The third kappa shape index (κ3) is 11.5. The highest BCUT2D eigenvalue weighted by molar-refractivity contribution is 7.80. The van der Waals surface area contributed by atoms with Crippen molar-refractivity contribution in [3.05, 3.63) is 0 Å². The van der Waals surface area contributed by atoms with Crippen molar-refractivity contribution in [1.29, 1.82) is 0 Å². The first-order chi connectivity index (χ1) is 8.06. The number of carbonyl (C=O) groups is 3. The average molecular weight is 279 g/mol. The number of amides is 3. The number of nitrogens with one attached hydrogen (secondary N) is 3. The molecule has 1 atom stereocenters. The van der Waals surface area contributed by atoms with Crippen LogP contribution in [-0.2, 0) is 9.59 Å². The van der Waals surface area contributed by atoms with Crippen LogP contribution in [0.5, 0.6) is 0 Å². The lowest BCUT2D eigenvalue weighted by Gasteiger charge is -2.05. The zero-order chi connectivity index (χ0) is 13.1. The van der Waals surface area contributed by atoms with Gasteiger partial charge in [-0.25, -0.2) is 0 Å². The molecule has 0 bridgehead atoms. The van der Waals surface area contributed by atoms with Crippen LogP contribution in [0, 0.1) is 0 Å². The van der Waals surface area contributed by atoms with Crippen LogP contribution >= 0.6 is 21.9 Å². The third-order valence-corrected chi connectivity index (χ3v) is 2.18. The molecule has 98 valence electrons. The van der Waals surface area contributed by atoms with Gasteiger partial charge < -0.3 is 5.32 Å². The van der Waals surface area contributed by atoms with E-state index in [9.17, 15) is 14.4 Å². The molecule has 0 heterocycles. The van der Waals surface area contributed by atoms with Gasteiger partial charge in [0, 0.05) is 25.1 Å². The van der Waals surface area contributed by atoms with Crippen LogP contribution in [-0.4, -0.2) is 29.8 Å². The van der Waals surface area contributed by atoms with Crippen molar-refractivity contribution in [2.45, 2.75) is 25.7 Å². The van der Waals surface area contributed by atoms with Gasteiger partial charge in [0.15, 0.2) is 0 Å². The molecular weight excluding hydrogens is 261 g/mol. The average Bonchev–Trinajstić information content (AvgIpc) is 2.29. The Bertz CT molecular complexity index is 276. The Balaban J connectivity index is 3.41. The first-order valence-electron chi connectivity index (χ1n) is 5.28. The van der Waals surface area contributed by atoms with E-state index >= 15 is 0 Å². The van der Waals surface area contributed by atoms with Gasteiger partial charge in [-0.05, 0) is 22.1 Å². The fourth-order valence-corrected chi connectivity index (χ4v) is 1.23. The number of thiol groups is 1. The smallest absolute Gasteiger partial charge is 0.253 e. The van der Waals surface area contributed by atoms with Gasteiger partial charge in [0.2, 0.25) is 11.8 Å². The molecule has 0 radical (unpaired) electrons. The molecule has 0 rings (SSSR count). The summed E-state index contributed by atoms with van der Waals surface area (Å²) in [6.45, 7) is 0.558. The second kappa shape index (κ2) is 10.4. The SMILES string of the molecule is O=C(P)NNC(=O)CCCCC(=O)NCCS. The molecule has 3 N–H and O–H groups in total. The third-order valence-electron chi connectivity index (χ3n) is 1.82. The molecular formula is C9H18N3O3PS. The lowest BCUT2D eigenvalue weighted by Crippen LogP contribution is -2.38. The van der Waals surface area contributed by atoms with Crippen LogP contribution in [0.3, 0.4) is 0 Å². The molecule has 0 spiro atoms. The van der Waals surface area contributed by atoms with Crippen LogP contribution < -0.4 is 16.2 Å². The van der Waals surface area contributed by atoms with Gasteiger partial charge in [0.25, 0.3) is 5.65 Å². The van der Waals surface area contributed by atoms with Crippen LogP contribution in [0.25, 0.3) is 0 Å². The first-order valence-corrected chi connectivity index (χ1v) is 6.49. The number of hydrogen-bond donors (Lipinski definition) is 4. The minimum Gasteiger partial charge on any atom is -0.355 e. The molecule has 0 saturated carbocycles. The fourth-order valence-electron chi connectivity index (χ4n) is 1.05. The lowest BCUT2D eigenvalue weighted by molar-refractivity contribution is -0.123.